The molecule has 2 aromatic rings. The molecule has 7 nitrogen and oxygen atoms in total. The van der Waals surface area contributed by atoms with Crippen molar-refractivity contribution >= 4 is 18.0 Å². The Kier molecular flexibility index (Phi) is 8.06. The average Bonchev–Trinajstić information content (AvgIpc) is 2.98. The highest BCUT2D eigenvalue weighted by Gasteiger charge is 2.33. The van der Waals surface area contributed by atoms with E-state index in [0.29, 0.717) is 25.7 Å². The van der Waals surface area contributed by atoms with Crippen LogP contribution in [0.25, 0.3) is 11.1 Å². The van der Waals surface area contributed by atoms with Crippen molar-refractivity contribution in [1.82, 2.24) is 10.6 Å². The Morgan fingerprint density at radius 1 is 0.971 bits per heavy atom. The van der Waals surface area contributed by atoms with Crippen LogP contribution in [-0.4, -0.2) is 41.8 Å². The molecule has 0 bridgehead atoms. The summed E-state index contributed by atoms with van der Waals surface area (Å²) in [6.07, 6.45) is 4.37. The lowest BCUT2D eigenvalue weighted by Crippen LogP contribution is -2.52. The number of carboxylic acids is 1. The summed E-state index contributed by atoms with van der Waals surface area (Å²) in [5.41, 5.74) is 4.54. The maximum absolute atomic E-state index is 13.0. The molecule has 0 radical (unpaired) electrons. The zero-order chi connectivity index (χ0) is 24.8. The monoisotopic (exact) mass is 478 g/mol. The van der Waals surface area contributed by atoms with Crippen molar-refractivity contribution in [1.29, 1.82) is 0 Å². The fourth-order valence-corrected chi connectivity index (χ4v) is 5.40. The summed E-state index contributed by atoms with van der Waals surface area (Å²) >= 11 is 0. The van der Waals surface area contributed by atoms with Crippen molar-refractivity contribution in [2.45, 2.75) is 69.9 Å². The number of rotatable bonds is 8. The zero-order valence-electron chi connectivity index (χ0n) is 20.2. The second-order valence-electron chi connectivity index (χ2n) is 9.51. The first-order valence-electron chi connectivity index (χ1n) is 12.6. The van der Waals surface area contributed by atoms with E-state index in [9.17, 15) is 19.5 Å². The number of hydrogen-bond donors (Lipinski definition) is 3. The Morgan fingerprint density at radius 3 is 2.23 bits per heavy atom. The lowest BCUT2D eigenvalue weighted by molar-refractivity contribution is -0.143. The summed E-state index contributed by atoms with van der Waals surface area (Å²) < 4.78 is 5.61. The van der Waals surface area contributed by atoms with E-state index in [0.717, 1.165) is 41.5 Å². The minimum Gasteiger partial charge on any atom is -0.481 e. The molecular weight excluding hydrogens is 444 g/mol. The highest BCUT2D eigenvalue weighted by atomic mass is 16.5. The molecule has 0 aromatic heterocycles. The van der Waals surface area contributed by atoms with E-state index in [2.05, 4.69) is 34.9 Å². The number of fused-ring (bicyclic) bond motifs is 3. The molecule has 2 aliphatic carbocycles. The molecule has 2 amide bonds. The van der Waals surface area contributed by atoms with Crippen LogP contribution < -0.4 is 10.6 Å². The molecule has 2 aromatic carbocycles. The first kappa shape index (κ1) is 24.8. The number of carbonyl (C=O) groups excluding carboxylic acids is 2. The van der Waals surface area contributed by atoms with Crippen molar-refractivity contribution in [3.8, 4) is 11.1 Å². The fourth-order valence-electron chi connectivity index (χ4n) is 5.40. The van der Waals surface area contributed by atoms with Crippen LogP contribution in [0.2, 0.25) is 0 Å². The van der Waals surface area contributed by atoms with E-state index in [1.54, 1.807) is 0 Å². The molecule has 7 heteroatoms. The summed E-state index contributed by atoms with van der Waals surface area (Å²) in [7, 11) is 0. The molecule has 186 valence electrons. The molecular formula is C28H34N2O5. The van der Waals surface area contributed by atoms with Gasteiger partial charge in [-0.15, -0.1) is 0 Å². The Labute approximate surface area is 206 Å². The summed E-state index contributed by atoms with van der Waals surface area (Å²) in [6, 6.07) is 15.0. The quantitative estimate of drug-likeness (QED) is 0.471. The SMILES string of the molecule is CCC[C@H](NC(=O)OCC1c2ccccc2-c2ccccc21)C(=O)N[C@H]1CCCCC[C@H]1C(=O)O. The van der Waals surface area contributed by atoms with Crippen LogP contribution >= 0.6 is 0 Å². The maximum atomic E-state index is 13.0. The number of hydrogen-bond acceptors (Lipinski definition) is 4. The maximum Gasteiger partial charge on any atom is 0.407 e. The third-order valence-electron chi connectivity index (χ3n) is 7.19. The summed E-state index contributed by atoms with van der Waals surface area (Å²) in [6.45, 7) is 2.11. The van der Waals surface area contributed by atoms with Crippen LogP contribution in [0.1, 0.15) is 68.9 Å². The van der Waals surface area contributed by atoms with Gasteiger partial charge in [0.25, 0.3) is 0 Å². The minimum atomic E-state index is -0.881. The Bertz CT molecular complexity index is 1020. The second-order valence-corrected chi connectivity index (χ2v) is 9.51. The number of carboxylic acid groups (broad SMARTS) is 1. The predicted octanol–water partition coefficient (Wildman–Crippen LogP) is 4.84. The van der Waals surface area contributed by atoms with E-state index in [-0.39, 0.29) is 18.4 Å². The second kappa shape index (κ2) is 11.4. The van der Waals surface area contributed by atoms with Gasteiger partial charge in [0.15, 0.2) is 0 Å². The van der Waals surface area contributed by atoms with Crippen LogP contribution in [0.3, 0.4) is 0 Å². The number of amides is 2. The molecule has 0 spiro atoms. The van der Waals surface area contributed by atoms with Crippen molar-refractivity contribution < 1.29 is 24.2 Å². The molecule has 1 saturated carbocycles. The smallest absolute Gasteiger partial charge is 0.407 e. The van der Waals surface area contributed by atoms with Gasteiger partial charge in [-0.3, -0.25) is 9.59 Å². The lowest BCUT2D eigenvalue weighted by atomic mass is 9.94. The van der Waals surface area contributed by atoms with Gasteiger partial charge >= 0.3 is 12.1 Å². The van der Waals surface area contributed by atoms with Gasteiger partial charge in [-0.25, -0.2) is 4.79 Å². The van der Waals surface area contributed by atoms with E-state index >= 15 is 0 Å². The van der Waals surface area contributed by atoms with Crippen LogP contribution in [0.5, 0.6) is 0 Å². The zero-order valence-corrected chi connectivity index (χ0v) is 20.2. The third-order valence-corrected chi connectivity index (χ3v) is 7.19. The Hall–Kier alpha value is -3.35. The van der Waals surface area contributed by atoms with E-state index in [1.165, 1.54) is 0 Å². The number of carbonyl (C=O) groups is 3. The number of nitrogens with one attached hydrogen (secondary N) is 2. The lowest BCUT2D eigenvalue weighted by Gasteiger charge is -2.26. The van der Waals surface area contributed by atoms with E-state index in [4.69, 9.17) is 4.74 Å². The topological polar surface area (TPSA) is 105 Å². The molecule has 4 rings (SSSR count). The highest BCUT2D eigenvalue weighted by molar-refractivity contribution is 5.86. The highest BCUT2D eigenvalue weighted by Crippen LogP contribution is 2.44. The van der Waals surface area contributed by atoms with Crippen LogP contribution in [0, 0.1) is 5.92 Å². The van der Waals surface area contributed by atoms with Crippen LogP contribution in [0.4, 0.5) is 4.79 Å². The van der Waals surface area contributed by atoms with Gasteiger partial charge in [0.05, 0.1) is 5.92 Å². The van der Waals surface area contributed by atoms with E-state index in [1.807, 2.05) is 31.2 Å². The van der Waals surface area contributed by atoms with Gasteiger partial charge < -0.3 is 20.5 Å². The van der Waals surface area contributed by atoms with Crippen molar-refractivity contribution in [3.63, 3.8) is 0 Å². The van der Waals surface area contributed by atoms with Gasteiger partial charge in [-0.1, -0.05) is 81.1 Å². The third kappa shape index (κ3) is 5.66. The molecule has 3 N–H and O–H groups in total. The molecule has 35 heavy (non-hydrogen) atoms. The standard InChI is InChI=1S/C28H34N2O5/c1-2-10-25(26(31)29-24-16-5-3-4-15-22(24)27(32)33)30-28(34)35-17-23-20-13-8-6-11-18(20)19-12-7-9-14-21(19)23/h6-9,11-14,22-25H,2-5,10,15-17H2,1H3,(H,29,31)(H,30,34)(H,32,33)/t22-,24+,25+/m1/s1. The number of alkyl carbamates (subject to hydrolysis) is 1. The largest absolute Gasteiger partial charge is 0.481 e. The van der Waals surface area contributed by atoms with Crippen molar-refractivity contribution in [2.24, 2.45) is 5.92 Å². The molecule has 0 unspecified atom stereocenters. The molecule has 2 aliphatic rings. The first-order valence-corrected chi connectivity index (χ1v) is 12.6. The molecule has 0 heterocycles. The Morgan fingerprint density at radius 2 is 1.60 bits per heavy atom. The molecule has 0 saturated heterocycles. The number of ether oxygens (including phenoxy) is 1. The molecule has 3 atom stereocenters. The minimum absolute atomic E-state index is 0.0612. The first-order chi connectivity index (χ1) is 17.0. The molecule has 1 fully saturated rings. The predicted molar refractivity (Wildman–Crippen MR) is 133 cm³/mol. The van der Waals surface area contributed by atoms with Gasteiger partial charge in [0.1, 0.15) is 12.6 Å². The van der Waals surface area contributed by atoms with Gasteiger partial charge in [0.2, 0.25) is 5.91 Å². The fraction of sp³-hybridized carbons (Fsp3) is 0.464. The Balaban J connectivity index is 1.38. The van der Waals surface area contributed by atoms with Crippen molar-refractivity contribution in [3.05, 3.63) is 59.7 Å². The average molecular weight is 479 g/mol. The van der Waals surface area contributed by atoms with Gasteiger partial charge in [-0.05, 0) is 41.5 Å². The van der Waals surface area contributed by atoms with E-state index < -0.39 is 30.1 Å². The number of aliphatic carboxylic acids is 1. The number of benzene rings is 2. The summed E-state index contributed by atoms with van der Waals surface area (Å²) in [5.74, 6) is -1.89. The summed E-state index contributed by atoms with van der Waals surface area (Å²) in [4.78, 5) is 37.5. The van der Waals surface area contributed by atoms with Crippen LogP contribution in [-0.2, 0) is 14.3 Å². The molecule has 0 aliphatic heterocycles. The van der Waals surface area contributed by atoms with Gasteiger partial charge in [-0.2, -0.15) is 0 Å². The summed E-state index contributed by atoms with van der Waals surface area (Å²) in [5, 5.41) is 15.2. The normalized spacial score (nSPS) is 20.1. The van der Waals surface area contributed by atoms with Crippen LogP contribution in [0.15, 0.2) is 48.5 Å². The van der Waals surface area contributed by atoms with Gasteiger partial charge in [0, 0.05) is 12.0 Å². The van der Waals surface area contributed by atoms with Crippen molar-refractivity contribution in [2.75, 3.05) is 6.61 Å².